The summed E-state index contributed by atoms with van der Waals surface area (Å²) in [5.41, 5.74) is 2.28. The quantitative estimate of drug-likeness (QED) is 0.729. The van der Waals surface area contributed by atoms with Crippen molar-refractivity contribution in [1.29, 1.82) is 0 Å². The molecule has 0 amide bonds. The highest BCUT2D eigenvalue weighted by Crippen LogP contribution is 2.37. The molecule has 1 aliphatic rings. The predicted octanol–water partition coefficient (Wildman–Crippen LogP) is 0.843. The van der Waals surface area contributed by atoms with E-state index in [2.05, 4.69) is 35.6 Å². The van der Waals surface area contributed by atoms with Crippen LogP contribution in [-0.2, 0) is 0 Å². The molecule has 0 saturated heterocycles. The highest BCUT2D eigenvalue weighted by atomic mass is 79.9. The number of hydrogen-bond donors (Lipinski definition) is 0. The average Bonchev–Trinajstić information content (AvgIpc) is 2.91. The second-order valence-electron chi connectivity index (χ2n) is 3.96. The molecule has 2 aromatic rings. The summed E-state index contributed by atoms with van der Waals surface area (Å²) in [6, 6.07) is 20.6. The minimum absolute atomic E-state index is 0. The van der Waals surface area contributed by atoms with Crippen molar-refractivity contribution in [2.45, 2.75) is 0 Å². The maximum Gasteiger partial charge on any atom is 0.169 e. The van der Waals surface area contributed by atoms with Gasteiger partial charge in [-0.05, 0) is 0 Å². The Morgan fingerprint density at radius 3 is 1.61 bits per heavy atom. The Labute approximate surface area is 117 Å². The Morgan fingerprint density at radius 2 is 1.22 bits per heavy atom. The molecule has 2 nitrogen and oxygen atoms in total. The number of halogens is 1. The van der Waals surface area contributed by atoms with Gasteiger partial charge in [0, 0.05) is 30.3 Å². The fourth-order valence-corrected chi connectivity index (χ4v) is 2.11. The molecule has 0 radical (unpaired) electrons. The lowest BCUT2D eigenvalue weighted by atomic mass is 10.2. The van der Waals surface area contributed by atoms with Gasteiger partial charge in [0.15, 0.2) is 11.4 Å². The highest BCUT2D eigenvalue weighted by Gasteiger charge is 2.33. The van der Waals surface area contributed by atoms with E-state index < -0.39 is 0 Å². The zero-order valence-corrected chi connectivity index (χ0v) is 11.4. The SMILES string of the molecule is C1=C[N+](c2ccccc2)(c2ccccc2)N=C1.[Br-]. The number of allylic oxidation sites excluding steroid dienone is 1. The third-order valence-corrected chi connectivity index (χ3v) is 2.94. The second-order valence-corrected chi connectivity index (χ2v) is 3.96. The summed E-state index contributed by atoms with van der Waals surface area (Å²) >= 11 is 0. The van der Waals surface area contributed by atoms with Gasteiger partial charge in [0.25, 0.3) is 0 Å². The standard InChI is InChI=1S/C15H13N2.BrH/c1-3-8-14(9-4-1)17(13-7-12-16-17)15-10-5-2-6-11-15;/h1-13H;1H/q+1;/p-1. The van der Waals surface area contributed by atoms with E-state index in [-0.39, 0.29) is 17.0 Å². The van der Waals surface area contributed by atoms with E-state index in [1.807, 2.05) is 48.7 Å². The summed E-state index contributed by atoms with van der Waals surface area (Å²) in [5.74, 6) is 0. The monoisotopic (exact) mass is 300 g/mol. The molecule has 0 unspecified atom stereocenters. The highest BCUT2D eigenvalue weighted by molar-refractivity contribution is 5.78. The van der Waals surface area contributed by atoms with Crippen LogP contribution in [0.5, 0.6) is 0 Å². The summed E-state index contributed by atoms with van der Waals surface area (Å²) < 4.78 is 0.418. The maximum atomic E-state index is 4.61. The lowest BCUT2D eigenvalue weighted by Gasteiger charge is -2.24. The molecule has 0 fully saturated rings. The minimum Gasteiger partial charge on any atom is -1.00 e. The van der Waals surface area contributed by atoms with Crippen LogP contribution >= 0.6 is 0 Å². The number of nitrogens with zero attached hydrogens (tertiary/aromatic N) is 2. The van der Waals surface area contributed by atoms with E-state index in [1.165, 1.54) is 0 Å². The van der Waals surface area contributed by atoms with E-state index in [0.29, 0.717) is 4.59 Å². The van der Waals surface area contributed by atoms with Crippen LogP contribution in [0.4, 0.5) is 11.4 Å². The van der Waals surface area contributed by atoms with Crippen molar-refractivity contribution in [1.82, 2.24) is 4.59 Å². The summed E-state index contributed by atoms with van der Waals surface area (Å²) in [5, 5.41) is 4.61. The third-order valence-electron chi connectivity index (χ3n) is 2.94. The minimum atomic E-state index is 0. The fraction of sp³-hybridized carbons (Fsp3) is 0. The van der Waals surface area contributed by atoms with Gasteiger partial charge < -0.3 is 17.0 Å². The first kappa shape index (κ1) is 12.7. The lowest BCUT2D eigenvalue weighted by molar-refractivity contribution is -0.00000329. The topological polar surface area (TPSA) is 12.4 Å². The van der Waals surface area contributed by atoms with Gasteiger partial charge in [0.1, 0.15) is 6.20 Å². The van der Waals surface area contributed by atoms with Crippen molar-refractivity contribution in [2.75, 3.05) is 0 Å². The number of benzene rings is 2. The van der Waals surface area contributed by atoms with Gasteiger partial charge >= 0.3 is 0 Å². The number of hydrogen-bond acceptors (Lipinski definition) is 1. The molecule has 0 aliphatic carbocycles. The van der Waals surface area contributed by atoms with Crippen LogP contribution in [0.1, 0.15) is 0 Å². The number of para-hydroxylation sites is 2. The van der Waals surface area contributed by atoms with Gasteiger partial charge in [-0.15, -0.1) is 4.59 Å². The Morgan fingerprint density at radius 1 is 0.722 bits per heavy atom. The first-order valence-corrected chi connectivity index (χ1v) is 5.65. The molecular weight excluding hydrogens is 288 g/mol. The molecule has 1 aliphatic heterocycles. The fourth-order valence-electron chi connectivity index (χ4n) is 2.11. The zero-order chi connectivity index (χ0) is 11.6. The molecule has 90 valence electrons. The van der Waals surface area contributed by atoms with Crippen molar-refractivity contribution >= 4 is 17.6 Å². The average molecular weight is 301 g/mol. The third kappa shape index (κ3) is 2.03. The molecule has 0 bridgehead atoms. The predicted molar refractivity (Wildman–Crippen MR) is 72.0 cm³/mol. The van der Waals surface area contributed by atoms with Crippen molar-refractivity contribution < 1.29 is 17.0 Å². The van der Waals surface area contributed by atoms with E-state index in [0.717, 1.165) is 11.4 Å². The van der Waals surface area contributed by atoms with Gasteiger partial charge in [-0.25, -0.2) is 0 Å². The normalized spacial score (nSPS) is 15.3. The largest absolute Gasteiger partial charge is 1.00 e. The lowest BCUT2D eigenvalue weighted by Crippen LogP contribution is -3.00. The molecule has 0 atom stereocenters. The van der Waals surface area contributed by atoms with Gasteiger partial charge in [-0.1, -0.05) is 41.5 Å². The molecule has 3 heteroatoms. The number of quaternary nitrogens is 1. The van der Waals surface area contributed by atoms with Crippen LogP contribution in [0, 0.1) is 0 Å². The van der Waals surface area contributed by atoms with Gasteiger partial charge in [-0.3, -0.25) is 0 Å². The molecule has 0 aromatic heterocycles. The first-order chi connectivity index (χ1) is 8.42. The zero-order valence-electron chi connectivity index (χ0n) is 9.78. The summed E-state index contributed by atoms with van der Waals surface area (Å²) in [7, 11) is 0. The molecule has 18 heavy (non-hydrogen) atoms. The molecule has 3 rings (SSSR count). The Balaban J connectivity index is 0.00000120. The van der Waals surface area contributed by atoms with Crippen molar-refractivity contribution in [3.63, 3.8) is 0 Å². The van der Waals surface area contributed by atoms with Gasteiger partial charge in [0.05, 0.1) is 6.21 Å². The molecule has 0 N–H and O–H groups in total. The second kappa shape index (κ2) is 5.29. The van der Waals surface area contributed by atoms with E-state index >= 15 is 0 Å². The smallest absolute Gasteiger partial charge is 0.169 e. The van der Waals surface area contributed by atoms with E-state index in [9.17, 15) is 0 Å². The van der Waals surface area contributed by atoms with Crippen molar-refractivity contribution in [2.24, 2.45) is 5.10 Å². The van der Waals surface area contributed by atoms with Crippen LogP contribution in [-0.4, -0.2) is 6.21 Å². The maximum absolute atomic E-state index is 4.61. The molecular formula is C15H13BrN2. The van der Waals surface area contributed by atoms with E-state index in [1.54, 1.807) is 0 Å². The Kier molecular flexibility index (Phi) is 3.75. The summed E-state index contributed by atoms with van der Waals surface area (Å²) in [6.07, 6.45) is 5.92. The number of rotatable bonds is 2. The van der Waals surface area contributed by atoms with Crippen LogP contribution in [0.15, 0.2) is 78.0 Å². The van der Waals surface area contributed by atoms with Crippen LogP contribution in [0.25, 0.3) is 0 Å². The van der Waals surface area contributed by atoms with E-state index in [4.69, 9.17) is 0 Å². The first-order valence-electron chi connectivity index (χ1n) is 5.65. The van der Waals surface area contributed by atoms with Gasteiger partial charge in [-0.2, -0.15) is 0 Å². The Bertz CT molecular complexity index is 508. The van der Waals surface area contributed by atoms with Crippen LogP contribution in [0.3, 0.4) is 0 Å². The van der Waals surface area contributed by atoms with Crippen LogP contribution < -0.4 is 21.6 Å². The van der Waals surface area contributed by atoms with Crippen molar-refractivity contribution in [3.05, 3.63) is 72.9 Å². The summed E-state index contributed by atoms with van der Waals surface area (Å²) in [6.45, 7) is 0. The molecule has 0 spiro atoms. The Hall–Kier alpha value is -1.71. The molecule has 0 saturated carbocycles. The van der Waals surface area contributed by atoms with Crippen LogP contribution in [0.2, 0.25) is 0 Å². The molecule has 1 heterocycles. The van der Waals surface area contributed by atoms with Crippen molar-refractivity contribution in [3.8, 4) is 0 Å². The van der Waals surface area contributed by atoms with Gasteiger partial charge in [0.2, 0.25) is 0 Å². The summed E-state index contributed by atoms with van der Waals surface area (Å²) in [4.78, 5) is 0. The molecule has 2 aromatic carbocycles.